The Morgan fingerprint density at radius 2 is 2.25 bits per heavy atom. The van der Waals surface area contributed by atoms with Crippen LogP contribution in [0.5, 0.6) is 0 Å². The van der Waals surface area contributed by atoms with Gasteiger partial charge in [-0.05, 0) is 12.8 Å². The quantitative estimate of drug-likeness (QED) is 0.724. The van der Waals surface area contributed by atoms with Gasteiger partial charge < -0.3 is 11.1 Å². The van der Waals surface area contributed by atoms with Crippen molar-refractivity contribution in [3.8, 4) is 0 Å². The highest BCUT2D eigenvalue weighted by Gasteiger charge is 2.10. The van der Waals surface area contributed by atoms with Crippen molar-refractivity contribution >= 4 is 22.3 Å². The smallest absolute Gasteiger partial charge is 0.147 e. The van der Waals surface area contributed by atoms with E-state index in [-0.39, 0.29) is 0 Å². The maximum Gasteiger partial charge on any atom is 0.147 e. The summed E-state index contributed by atoms with van der Waals surface area (Å²) in [5.74, 6) is 1.57. The lowest BCUT2D eigenvalue weighted by molar-refractivity contribution is 0.684. The summed E-state index contributed by atoms with van der Waals surface area (Å²) in [7, 11) is 1.15. The van der Waals surface area contributed by atoms with Crippen molar-refractivity contribution in [3.63, 3.8) is 0 Å². The van der Waals surface area contributed by atoms with Crippen molar-refractivity contribution in [1.29, 1.82) is 0 Å². The first-order chi connectivity index (χ1) is 7.56. The predicted octanol–water partition coefficient (Wildman–Crippen LogP) is 0.745. The van der Waals surface area contributed by atoms with Crippen molar-refractivity contribution in [2.75, 3.05) is 29.6 Å². The van der Waals surface area contributed by atoms with Crippen LogP contribution in [0.15, 0.2) is 0 Å². The fraction of sp³-hybridized carbons (Fsp3) is 0.700. The minimum atomic E-state index is -0.724. The second-order valence-corrected chi connectivity index (χ2v) is 5.30. The monoisotopic (exact) mass is 244 g/mol. The number of aryl methyl sites for hydroxylation is 2. The summed E-state index contributed by atoms with van der Waals surface area (Å²) in [6, 6.07) is 0. The largest absolute Gasteiger partial charge is 0.394 e. The van der Waals surface area contributed by atoms with E-state index in [0.29, 0.717) is 5.75 Å². The standard InChI is InChI=1S/C10H20N4OS/c1-4-8-9(11)10(14(2)13-8)12-6-5-7-16(3)15/h12H,4-7,11H2,1-3H3. The molecular formula is C10H20N4OS. The highest BCUT2D eigenvalue weighted by atomic mass is 32.2. The third kappa shape index (κ3) is 3.23. The molecule has 0 aliphatic rings. The normalized spacial score (nSPS) is 12.7. The molecule has 1 aromatic rings. The lowest BCUT2D eigenvalue weighted by Crippen LogP contribution is -2.10. The van der Waals surface area contributed by atoms with Gasteiger partial charge in [-0.25, -0.2) is 0 Å². The molecule has 92 valence electrons. The van der Waals surface area contributed by atoms with E-state index in [1.165, 1.54) is 0 Å². The Morgan fingerprint density at radius 3 is 2.75 bits per heavy atom. The van der Waals surface area contributed by atoms with Gasteiger partial charge in [-0.15, -0.1) is 0 Å². The lowest BCUT2D eigenvalue weighted by Gasteiger charge is -2.06. The van der Waals surface area contributed by atoms with Crippen LogP contribution >= 0.6 is 0 Å². The maximum atomic E-state index is 10.9. The summed E-state index contributed by atoms with van der Waals surface area (Å²) in [5, 5.41) is 7.54. The molecule has 0 amide bonds. The maximum absolute atomic E-state index is 10.9. The van der Waals surface area contributed by atoms with Gasteiger partial charge in [0, 0.05) is 36.4 Å². The Hall–Kier alpha value is -1.04. The van der Waals surface area contributed by atoms with Crippen LogP contribution in [0.1, 0.15) is 19.0 Å². The summed E-state index contributed by atoms with van der Waals surface area (Å²) >= 11 is 0. The van der Waals surface area contributed by atoms with Crippen LogP contribution in [-0.2, 0) is 24.3 Å². The molecule has 0 aliphatic heterocycles. The van der Waals surface area contributed by atoms with Gasteiger partial charge in [0.05, 0.1) is 11.4 Å². The fourth-order valence-electron chi connectivity index (χ4n) is 1.55. The van der Waals surface area contributed by atoms with Gasteiger partial charge in [-0.2, -0.15) is 5.10 Å². The summed E-state index contributed by atoms with van der Waals surface area (Å²) < 4.78 is 12.6. The van der Waals surface area contributed by atoms with Crippen molar-refractivity contribution in [2.45, 2.75) is 19.8 Å². The molecule has 0 bridgehead atoms. The third-order valence-corrected chi connectivity index (χ3v) is 3.26. The summed E-state index contributed by atoms with van der Waals surface area (Å²) in [5.41, 5.74) is 7.60. The van der Waals surface area contributed by atoms with Crippen LogP contribution in [-0.4, -0.2) is 32.5 Å². The number of anilines is 2. The average Bonchev–Trinajstić information content (AvgIpc) is 2.50. The average molecular weight is 244 g/mol. The number of nitrogen functional groups attached to an aromatic ring is 1. The molecule has 16 heavy (non-hydrogen) atoms. The number of rotatable bonds is 6. The minimum absolute atomic E-state index is 0.714. The van der Waals surface area contributed by atoms with Crippen LogP contribution in [0.25, 0.3) is 0 Å². The molecular weight excluding hydrogens is 224 g/mol. The summed E-state index contributed by atoms with van der Waals surface area (Å²) in [6.07, 6.45) is 3.42. The molecule has 1 unspecified atom stereocenters. The minimum Gasteiger partial charge on any atom is -0.394 e. The molecule has 5 nitrogen and oxygen atoms in total. The van der Waals surface area contributed by atoms with Gasteiger partial charge in [0.25, 0.3) is 0 Å². The van der Waals surface area contributed by atoms with Crippen molar-refractivity contribution in [1.82, 2.24) is 9.78 Å². The molecule has 1 aromatic heterocycles. The van der Waals surface area contributed by atoms with Gasteiger partial charge in [-0.1, -0.05) is 6.92 Å². The fourth-order valence-corrected chi connectivity index (χ4v) is 2.10. The van der Waals surface area contributed by atoms with E-state index in [2.05, 4.69) is 10.4 Å². The van der Waals surface area contributed by atoms with Crippen LogP contribution in [0, 0.1) is 0 Å². The molecule has 1 heterocycles. The zero-order valence-corrected chi connectivity index (χ0v) is 10.9. The van der Waals surface area contributed by atoms with E-state index < -0.39 is 10.8 Å². The molecule has 0 spiro atoms. The Morgan fingerprint density at radius 1 is 1.56 bits per heavy atom. The van der Waals surface area contributed by atoms with Crippen LogP contribution in [0.3, 0.4) is 0 Å². The SMILES string of the molecule is CCc1nn(C)c(NCCCS(C)=O)c1N. The Labute approximate surface area is 98.9 Å². The molecule has 0 aliphatic carbocycles. The van der Waals surface area contributed by atoms with E-state index in [1.807, 2.05) is 14.0 Å². The van der Waals surface area contributed by atoms with Crippen molar-refractivity contribution in [2.24, 2.45) is 7.05 Å². The topological polar surface area (TPSA) is 72.9 Å². The molecule has 0 radical (unpaired) electrons. The molecule has 0 saturated heterocycles. The van der Waals surface area contributed by atoms with E-state index in [0.717, 1.165) is 36.6 Å². The number of hydrogen-bond acceptors (Lipinski definition) is 4. The molecule has 0 saturated carbocycles. The first-order valence-electron chi connectivity index (χ1n) is 5.41. The van der Waals surface area contributed by atoms with E-state index >= 15 is 0 Å². The molecule has 1 atom stereocenters. The van der Waals surface area contributed by atoms with Gasteiger partial charge in [0.1, 0.15) is 5.82 Å². The van der Waals surface area contributed by atoms with E-state index in [9.17, 15) is 4.21 Å². The second-order valence-electron chi connectivity index (χ2n) is 3.74. The van der Waals surface area contributed by atoms with Crippen molar-refractivity contribution in [3.05, 3.63) is 5.69 Å². The van der Waals surface area contributed by atoms with Crippen LogP contribution in [0.4, 0.5) is 11.5 Å². The van der Waals surface area contributed by atoms with Crippen LogP contribution < -0.4 is 11.1 Å². The van der Waals surface area contributed by atoms with E-state index in [4.69, 9.17) is 5.73 Å². The molecule has 0 aromatic carbocycles. The highest BCUT2D eigenvalue weighted by Crippen LogP contribution is 2.21. The molecule has 1 rings (SSSR count). The number of aromatic nitrogens is 2. The number of nitrogens with zero attached hydrogens (tertiary/aromatic N) is 2. The van der Waals surface area contributed by atoms with Gasteiger partial charge in [0.2, 0.25) is 0 Å². The first kappa shape index (κ1) is 13.0. The summed E-state index contributed by atoms with van der Waals surface area (Å²) in [6.45, 7) is 2.80. The van der Waals surface area contributed by atoms with Crippen molar-refractivity contribution < 1.29 is 4.21 Å². The predicted molar refractivity (Wildman–Crippen MR) is 69.0 cm³/mol. The number of hydrogen-bond donors (Lipinski definition) is 2. The number of nitrogens with two attached hydrogens (primary N) is 1. The molecule has 3 N–H and O–H groups in total. The van der Waals surface area contributed by atoms with Gasteiger partial charge >= 0.3 is 0 Å². The lowest BCUT2D eigenvalue weighted by atomic mass is 10.3. The zero-order chi connectivity index (χ0) is 12.1. The first-order valence-corrected chi connectivity index (χ1v) is 7.14. The summed E-state index contributed by atoms with van der Waals surface area (Å²) in [4.78, 5) is 0. The third-order valence-electron chi connectivity index (χ3n) is 2.40. The Balaban J connectivity index is 2.53. The highest BCUT2D eigenvalue weighted by molar-refractivity contribution is 7.84. The van der Waals surface area contributed by atoms with Gasteiger partial charge in [-0.3, -0.25) is 8.89 Å². The Kier molecular flexibility index (Phi) is 4.79. The van der Waals surface area contributed by atoms with Gasteiger partial charge in [0.15, 0.2) is 0 Å². The number of nitrogens with one attached hydrogen (secondary N) is 1. The Bertz CT molecular complexity index is 375. The van der Waals surface area contributed by atoms with E-state index in [1.54, 1.807) is 10.9 Å². The van der Waals surface area contributed by atoms with Crippen LogP contribution in [0.2, 0.25) is 0 Å². The zero-order valence-electron chi connectivity index (χ0n) is 10.1. The second kappa shape index (κ2) is 5.89. The molecule has 6 heteroatoms. The molecule has 0 fully saturated rings.